The monoisotopic (exact) mass is 394 g/mol. The minimum absolute atomic E-state index is 0.0209. The maximum Gasteiger partial charge on any atom is 0.261 e. The molecule has 3 aromatic carbocycles. The molecule has 3 aromatic rings. The number of carbonyl (C=O) groups excluding carboxylic acids is 1. The molecule has 0 aliphatic carbocycles. The minimum atomic E-state index is -3.63. The van der Waals surface area contributed by atoms with Crippen molar-refractivity contribution in [2.75, 3.05) is 10.0 Å². The number of aryl methyl sites for hydroxylation is 1. The van der Waals surface area contributed by atoms with E-state index in [-0.39, 0.29) is 10.7 Å². The van der Waals surface area contributed by atoms with Gasteiger partial charge in [0.2, 0.25) is 0 Å². The smallest absolute Gasteiger partial charge is 0.261 e. The molecule has 0 spiro atoms. The molecular formula is C22H22N2O3S. The van der Waals surface area contributed by atoms with E-state index >= 15 is 0 Å². The number of benzene rings is 3. The van der Waals surface area contributed by atoms with Crippen LogP contribution in [0, 0.1) is 0 Å². The second-order valence-electron chi connectivity index (χ2n) is 6.44. The molecule has 0 radical (unpaired) electrons. The molecule has 28 heavy (non-hydrogen) atoms. The second-order valence-corrected chi connectivity index (χ2v) is 8.12. The average Bonchev–Trinajstić information content (AvgIpc) is 2.70. The van der Waals surface area contributed by atoms with Crippen molar-refractivity contribution in [2.24, 2.45) is 0 Å². The fraction of sp³-hybridized carbons (Fsp3) is 0.136. The summed E-state index contributed by atoms with van der Waals surface area (Å²) in [6.07, 6.45) is 0.861. The van der Waals surface area contributed by atoms with E-state index < -0.39 is 10.0 Å². The van der Waals surface area contributed by atoms with Gasteiger partial charge in [-0.3, -0.25) is 9.52 Å². The number of hydrogen-bond acceptors (Lipinski definition) is 4. The number of nitrogens with one attached hydrogen (secondary N) is 2. The molecule has 0 bridgehead atoms. The Morgan fingerprint density at radius 3 is 1.79 bits per heavy atom. The highest BCUT2D eigenvalue weighted by atomic mass is 32.2. The number of anilines is 3. The van der Waals surface area contributed by atoms with Crippen LogP contribution < -0.4 is 10.0 Å². The van der Waals surface area contributed by atoms with E-state index in [1.807, 2.05) is 31.2 Å². The van der Waals surface area contributed by atoms with E-state index in [9.17, 15) is 13.2 Å². The zero-order valence-electron chi connectivity index (χ0n) is 15.8. The van der Waals surface area contributed by atoms with E-state index in [0.29, 0.717) is 11.3 Å². The molecule has 2 N–H and O–H groups in total. The summed E-state index contributed by atoms with van der Waals surface area (Å²) in [7, 11) is -3.63. The molecule has 0 aliphatic heterocycles. The third kappa shape index (κ3) is 4.78. The van der Waals surface area contributed by atoms with E-state index in [1.165, 1.54) is 6.92 Å². The molecule has 0 saturated heterocycles. The molecule has 0 aromatic heterocycles. The topological polar surface area (TPSA) is 75.3 Å². The van der Waals surface area contributed by atoms with E-state index in [2.05, 4.69) is 10.0 Å². The Morgan fingerprint density at radius 2 is 1.29 bits per heavy atom. The molecule has 5 nitrogen and oxygen atoms in total. The molecule has 0 amide bonds. The van der Waals surface area contributed by atoms with Crippen molar-refractivity contribution < 1.29 is 13.2 Å². The maximum absolute atomic E-state index is 12.5. The van der Waals surface area contributed by atoms with Crippen LogP contribution in [-0.2, 0) is 16.4 Å². The first kappa shape index (κ1) is 19.6. The van der Waals surface area contributed by atoms with Crippen molar-refractivity contribution in [1.82, 2.24) is 0 Å². The van der Waals surface area contributed by atoms with Crippen LogP contribution in [0.15, 0.2) is 77.7 Å². The Labute approximate surface area is 165 Å². The third-order valence-corrected chi connectivity index (χ3v) is 5.76. The molecule has 0 fully saturated rings. The Balaban J connectivity index is 1.68. The minimum Gasteiger partial charge on any atom is -0.356 e. The number of carbonyl (C=O) groups is 1. The number of Topliss-reactive ketones (excluding diaryl/α,β-unsaturated/α-hetero) is 1. The SMILES string of the molecule is CCc1ccc(S(=O)(=O)Nc2ccc(Nc3ccc(C(C)=O)cc3)cc2)cc1. The second kappa shape index (κ2) is 8.27. The zero-order valence-corrected chi connectivity index (χ0v) is 16.6. The van der Waals surface area contributed by atoms with Gasteiger partial charge in [0.15, 0.2) is 5.78 Å². The summed E-state index contributed by atoms with van der Waals surface area (Å²) in [5.74, 6) is 0.0209. The predicted molar refractivity (Wildman–Crippen MR) is 113 cm³/mol. The summed E-state index contributed by atoms with van der Waals surface area (Å²) in [6, 6.07) is 21.0. The van der Waals surface area contributed by atoms with Crippen molar-refractivity contribution >= 4 is 32.9 Å². The van der Waals surface area contributed by atoms with Gasteiger partial charge >= 0.3 is 0 Å². The van der Waals surface area contributed by atoms with Crippen molar-refractivity contribution in [3.8, 4) is 0 Å². The summed E-state index contributed by atoms with van der Waals surface area (Å²) < 4.78 is 27.6. The van der Waals surface area contributed by atoms with E-state index in [4.69, 9.17) is 0 Å². The molecule has 0 atom stereocenters. The van der Waals surface area contributed by atoms with Crippen LogP contribution in [-0.4, -0.2) is 14.2 Å². The number of sulfonamides is 1. The molecule has 0 heterocycles. The molecule has 144 valence electrons. The molecular weight excluding hydrogens is 372 g/mol. The van der Waals surface area contributed by atoms with Crippen molar-refractivity contribution in [2.45, 2.75) is 25.2 Å². The summed E-state index contributed by atoms with van der Waals surface area (Å²) >= 11 is 0. The summed E-state index contributed by atoms with van der Waals surface area (Å²) in [6.45, 7) is 3.55. The van der Waals surface area contributed by atoms with Crippen LogP contribution in [0.5, 0.6) is 0 Å². The largest absolute Gasteiger partial charge is 0.356 e. The van der Waals surface area contributed by atoms with Gasteiger partial charge in [0.25, 0.3) is 10.0 Å². The molecule has 3 rings (SSSR count). The van der Waals surface area contributed by atoms with Gasteiger partial charge in [0.1, 0.15) is 0 Å². The van der Waals surface area contributed by atoms with Gasteiger partial charge in [-0.2, -0.15) is 0 Å². The lowest BCUT2D eigenvalue weighted by Gasteiger charge is -2.11. The Hall–Kier alpha value is -3.12. The van der Waals surface area contributed by atoms with E-state index in [1.54, 1.807) is 48.5 Å². The summed E-state index contributed by atoms with van der Waals surface area (Å²) in [5.41, 5.74) is 3.88. The quantitative estimate of drug-likeness (QED) is 0.553. The zero-order chi connectivity index (χ0) is 20.1. The van der Waals surface area contributed by atoms with Crippen LogP contribution in [0.2, 0.25) is 0 Å². The lowest BCUT2D eigenvalue weighted by atomic mass is 10.1. The van der Waals surface area contributed by atoms with Crippen LogP contribution in [0.3, 0.4) is 0 Å². The molecule has 6 heteroatoms. The normalized spacial score (nSPS) is 11.1. The highest BCUT2D eigenvalue weighted by molar-refractivity contribution is 7.92. The van der Waals surface area contributed by atoms with Gasteiger partial charge in [0, 0.05) is 22.6 Å². The van der Waals surface area contributed by atoms with Crippen molar-refractivity contribution in [3.05, 3.63) is 83.9 Å². The Morgan fingerprint density at radius 1 is 0.786 bits per heavy atom. The average molecular weight is 394 g/mol. The van der Waals surface area contributed by atoms with Crippen LogP contribution >= 0.6 is 0 Å². The lowest BCUT2D eigenvalue weighted by Crippen LogP contribution is -2.12. The first-order valence-electron chi connectivity index (χ1n) is 8.97. The maximum atomic E-state index is 12.5. The fourth-order valence-electron chi connectivity index (χ4n) is 2.69. The summed E-state index contributed by atoms with van der Waals surface area (Å²) in [4.78, 5) is 11.6. The molecule has 0 unspecified atom stereocenters. The third-order valence-electron chi connectivity index (χ3n) is 4.36. The highest BCUT2D eigenvalue weighted by Crippen LogP contribution is 2.22. The van der Waals surface area contributed by atoms with Gasteiger partial charge < -0.3 is 5.32 Å². The van der Waals surface area contributed by atoms with Crippen LogP contribution in [0.4, 0.5) is 17.1 Å². The Kier molecular flexibility index (Phi) is 5.80. The van der Waals surface area contributed by atoms with Crippen LogP contribution in [0.1, 0.15) is 29.8 Å². The number of hydrogen-bond donors (Lipinski definition) is 2. The lowest BCUT2D eigenvalue weighted by molar-refractivity contribution is 0.101. The summed E-state index contributed by atoms with van der Waals surface area (Å²) in [5, 5.41) is 3.22. The van der Waals surface area contributed by atoms with Gasteiger partial charge in [-0.1, -0.05) is 19.1 Å². The highest BCUT2D eigenvalue weighted by Gasteiger charge is 2.13. The number of ketones is 1. The van der Waals surface area contributed by atoms with Gasteiger partial charge in [0.05, 0.1) is 4.90 Å². The van der Waals surface area contributed by atoms with Gasteiger partial charge in [-0.25, -0.2) is 8.42 Å². The van der Waals surface area contributed by atoms with E-state index in [0.717, 1.165) is 23.4 Å². The first-order valence-corrected chi connectivity index (χ1v) is 10.5. The van der Waals surface area contributed by atoms with Gasteiger partial charge in [-0.15, -0.1) is 0 Å². The fourth-order valence-corrected chi connectivity index (χ4v) is 3.75. The van der Waals surface area contributed by atoms with Gasteiger partial charge in [-0.05, 0) is 79.6 Å². The Bertz CT molecular complexity index is 1060. The predicted octanol–water partition coefficient (Wildman–Crippen LogP) is 5.00. The van der Waals surface area contributed by atoms with Crippen molar-refractivity contribution in [1.29, 1.82) is 0 Å². The van der Waals surface area contributed by atoms with Crippen molar-refractivity contribution in [3.63, 3.8) is 0 Å². The first-order chi connectivity index (χ1) is 13.4. The molecule has 0 saturated carbocycles. The standard InChI is InChI=1S/C22H22N2O3S/c1-3-17-4-14-22(15-5-17)28(26,27)24-21-12-10-20(11-13-21)23-19-8-6-18(7-9-19)16(2)25/h4-15,23-24H,3H2,1-2H3. The number of rotatable bonds is 7. The molecule has 0 aliphatic rings. The van der Waals surface area contributed by atoms with Crippen LogP contribution in [0.25, 0.3) is 0 Å².